The molecule has 2 aromatic rings. The van der Waals surface area contributed by atoms with Crippen molar-refractivity contribution in [3.05, 3.63) is 48.0 Å². The summed E-state index contributed by atoms with van der Waals surface area (Å²) in [6, 6.07) is 9.08. The molecule has 1 amide bonds. The number of amides is 1. The van der Waals surface area contributed by atoms with Gasteiger partial charge in [0.2, 0.25) is 5.91 Å². The van der Waals surface area contributed by atoms with Crippen molar-refractivity contribution in [2.75, 3.05) is 5.32 Å². The topological polar surface area (TPSA) is 70.7 Å². The zero-order chi connectivity index (χ0) is 15.9. The zero-order valence-electron chi connectivity index (χ0n) is 12.9. The highest BCUT2D eigenvalue weighted by atomic mass is 16.1. The summed E-state index contributed by atoms with van der Waals surface area (Å²) in [5.41, 5.74) is 1.05. The fraction of sp³-hybridized carbons (Fsp3) is 0.353. The summed E-state index contributed by atoms with van der Waals surface area (Å²) in [4.78, 5) is 16.3. The average Bonchev–Trinajstić information content (AvgIpc) is 2.96. The van der Waals surface area contributed by atoms with E-state index < -0.39 is 0 Å². The Balaban J connectivity index is 1.86. The molecule has 0 atom stereocenters. The lowest BCUT2D eigenvalue weighted by Crippen LogP contribution is -2.14. The minimum atomic E-state index is -0.0751. The lowest BCUT2D eigenvalue weighted by Gasteiger charge is -2.10. The zero-order valence-corrected chi connectivity index (χ0v) is 12.9. The van der Waals surface area contributed by atoms with E-state index in [9.17, 15) is 4.79 Å². The number of carbonyl (C=O) groups excluding carboxylic acids is 1. The molecule has 0 saturated carbocycles. The van der Waals surface area contributed by atoms with Gasteiger partial charge in [-0.25, -0.2) is 4.98 Å². The molecule has 0 aliphatic rings. The van der Waals surface area contributed by atoms with Crippen molar-refractivity contribution in [2.45, 2.75) is 39.2 Å². The fourth-order valence-electron chi connectivity index (χ4n) is 2.32. The lowest BCUT2D eigenvalue weighted by molar-refractivity contribution is -0.116. The van der Waals surface area contributed by atoms with Crippen molar-refractivity contribution in [3.8, 4) is 6.07 Å². The molecule has 0 aliphatic heterocycles. The highest BCUT2D eigenvalue weighted by Crippen LogP contribution is 2.15. The largest absolute Gasteiger partial charge is 0.335 e. The third-order valence-electron chi connectivity index (χ3n) is 3.39. The molecule has 2 rings (SSSR count). The van der Waals surface area contributed by atoms with Crippen molar-refractivity contribution in [2.24, 2.45) is 0 Å². The van der Waals surface area contributed by atoms with Gasteiger partial charge >= 0.3 is 0 Å². The first-order valence-corrected chi connectivity index (χ1v) is 7.42. The van der Waals surface area contributed by atoms with Crippen LogP contribution in [-0.4, -0.2) is 15.5 Å². The Morgan fingerprint density at radius 3 is 2.91 bits per heavy atom. The van der Waals surface area contributed by atoms with Gasteiger partial charge in [-0.1, -0.05) is 26.0 Å². The number of carbonyl (C=O) groups is 1. The second kappa shape index (κ2) is 7.41. The second-order valence-corrected chi connectivity index (χ2v) is 5.44. The smallest absolute Gasteiger partial charge is 0.224 e. The van der Waals surface area contributed by atoms with Crippen molar-refractivity contribution in [1.29, 1.82) is 5.26 Å². The number of hydrogen-bond acceptors (Lipinski definition) is 3. The van der Waals surface area contributed by atoms with E-state index in [2.05, 4.69) is 34.8 Å². The molecule has 22 heavy (non-hydrogen) atoms. The number of imidazole rings is 1. The van der Waals surface area contributed by atoms with Crippen LogP contribution in [0.2, 0.25) is 0 Å². The number of rotatable bonds is 6. The number of para-hydroxylation sites is 1. The molecule has 0 radical (unpaired) electrons. The Labute approximate surface area is 130 Å². The highest BCUT2D eigenvalue weighted by Gasteiger charge is 2.09. The summed E-state index contributed by atoms with van der Waals surface area (Å²) in [5, 5.41) is 11.8. The Kier molecular flexibility index (Phi) is 5.31. The molecule has 0 spiro atoms. The number of nitriles is 1. The van der Waals surface area contributed by atoms with Crippen molar-refractivity contribution in [3.63, 3.8) is 0 Å². The number of anilines is 1. The molecular formula is C17H20N4O. The predicted octanol–water partition coefficient (Wildman–Crippen LogP) is 3.30. The first-order valence-electron chi connectivity index (χ1n) is 7.42. The van der Waals surface area contributed by atoms with Gasteiger partial charge in [0.05, 0.1) is 11.3 Å². The van der Waals surface area contributed by atoms with Crippen molar-refractivity contribution >= 4 is 11.6 Å². The standard InChI is InChI=1S/C17H20N4O/c1-13(2)17-19-9-11-21(17)10-5-8-16(22)20-15-7-4-3-6-14(15)12-18/h3-4,6-7,9,11,13H,5,8,10H2,1-2H3,(H,20,22). The average molecular weight is 296 g/mol. The number of hydrogen-bond donors (Lipinski definition) is 1. The van der Waals surface area contributed by atoms with Gasteiger partial charge in [0.15, 0.2) is 0 Å². The summed E-state index contributed by atoms with van der Waals surface area (Å²) in [6.45, 7) is 4.97. The minimum Gasteiger partial charge on any atom is -0.335 e. The molecule has 0 bridgehead atoms. The van der Waals surface area contributed by atoms with Crippen LogP contribution in [0.15, 0.2) is 36.7 Å². The van der Waals surface area contributed by atoms with Crippen LogP contribution in [0, 0.1) is 11.3 Å². The van der Waals surface area contributed by atoms with Crippen molar-refractivity contribution < 1.29 is 4.79 Å². The van der Waals surface area contributed by atoms with Crippen LogP contribution < -0.4 is 5.32 Å². The van der Waals surface area contributed by atoms with Crippen molar-refractivity contribution in [1.82, 2.24) is 9.55 Å². The quantitative estimate of drug-likeness (QED) is 0.889. The van der Waals surface area contributed by atoms with Gasteiger partial charge in [0.1, 0.15) is 11.9 Å². The minimum absolute atomic E-state index is 0.0751. The number of nitrogens with one attached hydrogen (secondary N) is 1. The van der Waals surface area contributed by atoms with E-state index in [1.165, 1.54) is 0 Å². The van der Waals surface area contributed by atoms with Crippen LogP contribution in [0.1, 0.15) is 44.0 Å². The summed E-state index contributed by atoms with van der Waals surface area (Å²) >= 11 is 0. The SMILES string of the molecule is CC(C)c1nccn1CCCC(=O)Nc1ccccc1C#N. The normalized spacial score (nSPS) is 10.5. The van der Waals surface area contributed by atoms with Crippen LogP contribution >= 0.6 is 0 Å². The van der Waals surface area contributed by atoms with E-state index in [1.807, 2.05) is 6.20 Å². The Bertz CT molecular complexity index is 682. The van der Waals surface area contributed by atoms with Crippen LogP contribution in [0.25, 0.3) is 0 Å². The van der Waals surface area contributed by atoms with Crippen LogP contribution in [0.4, 0.5) is 5.69 Å². The summed E-state index contributed by atoms with van der Waals surface area (Å²) in [6.07, 6.45) is 4.88. The number of nitrogens with zero attached hydrogens (tertiary/aromatic N) is 3. The van der Waals surface area contributed by atoms with Gasteiger partial charge in [-0.3, -0.25) is 4.79 Å². The van der Waals surface area contributed by atoms with Gasteiger partial charge in [0, 0.05) is 31.3 Å². The summed E-state index contributed by atoms with van der Waals surface area (Å²) < 4.78 is 2.08. The first kappa shape index (κ1) is 15.8. The number of aromatic nitrogens is 2. The van der Waals surface area contributed by atoms with E-state index in [4.69, 9.17) is 5.26 Å². The molecular weight excluding hydrogens is 276 g/mol. The maximum atomic E-state index is 12.0. The van der Waals surface area contributed by atoms with Gasteiger partial charge in [-0.15, -0.1) is 0 Å². The highest BCUT2D eigenvalue weighted by molar-refractivity contribution is 5.92. The van der Waals surface area contributed by atoms with E-state index >= 15 is 0 Å². The molecule has 0 aliphatic carbocycles. The fourth-order valence-corrected chi connectivity index (χ4v) is 2.32. The van der Waals surface area contributed by atoms with Crippen LogP contribution in [0.5, 0.6) is 0 Å². The summed E-state index contributed by atoms with van der Waals surface area (Å²) in [5.74, 6) is 1.33. The molecule has 0 saturated heterocycles. The molecule has 0 unspecified atom stereocenters. The van der Waals surface area contributed by atoms with Crippen LogP contribution in [0.3, 0.4) is 0 Å². The lowest BCUT2D eigenvalue weighted by atomic mass is 10.2. The summed E-state index contributed by atoms with van der Waals surface area (Å²) in [7, 11) is 0. The molecule has 1 aromatic heterocycles. The molecule has 1 aromatic carbocycles. The van der Waals surface area contributed by atoms with Gasteiger partial charge < -0.3 is 9.88 Å². The predicted molar refractivity (Wildman–Crippen MR) is 85.3 cm³/mol. The van der Waals surface area contributed by atoms with Crippen LogP contribution in [-0.2, 0) is 11.3 Å². The third-order valence-corrected chi connectivity index (χ3v) is 3.39. The Morgan fingerprint density at radius 1 is 1.41 bits per heavy atom. The van der Waals surface area contributed by atoms with E-state index in [-0.39, 0.29) is 5.91 Å². The number of benzene rings is 1. The molecule has 5 nitrogen and oxygen atoms in total. The number of aryl methyl sites for hydroxylation is 1. The van der Waals surface area contributed by atoms with E-state index in [0.29, 0.717) is 23.6 Å². The molecule has 5 heteroatoms. The van der Waals surface area contributed by atoms with Gasteiger partial charge in [-0.05, 0) is 18.6 Å². The van der Waals surface area contributed by atoms with Gasteiger partial charge in [-0.2, -0.15) is 5.26 Å². The maximum Gasteiger partial charge on any atom is 0.224 e. The molecule has 1 heterocycles. The Hall–Kier alpha value is -2.61. The van der Waals surface area contributed by atoms with E-state index in [0.717, 1.165) is 18.8 Å². The third kappa shape index (κ3) is 3.95. The molecule has 0 fully saturated rings. The van der Waals surface area contributed by atoms with E-state index in [1.54, 1.807) is 30.5 Å². The monoisotopic (exact) mass is 296 g/mol. The maximum absolute atomic E-state index is 12.0. The first-order chi connectivity index (χ1) is 10.6. The molecule has 114 valence electrons. The van der Waals surface area contributed by atoms with Gasteiger partial charge in [0.25, 0.3) is 0 Å². The Morgan fingerprint density at radius 2 is 2.18 bits per heavy atom. The second-order valence-electron chi connectivity index (χ2n) is 5.44. The molecule has 1 N–H and O–H groups in total.